The highest BCUT2D eigenvalue weighted by Crippen LogP contribution is 2.45. The minimum Gasteiger partial charge on any atom is -0.478 e. The van der Waals surface area contributed by atoms with Crippen molar-refractivity contribution in [1.82, 2.24) is 20.0 Å². The Bertz CT molecular complexity index is 1860. The zero-order valence-electron chi connectivity index (χ0n) is 28.6. The standard InChI is InChI=1S/C36H43Cl2N5O7S/c1-41-22-11-12-23(41)19-24(18-22)42-14-16-43(17-15-42)30(44)20-29-33(36(47)48)34(31-25(37)7-5-8-26(31)38)32(35(45)46)28(39-29)13-10-21-6-3-4-9-27(21)40-51(2,49)50/h3-9,22-24,34,39-40H,10-20H2,1-2H3,(H,45,46)(H,47,48). The van der Waals surface area contributed by atoms with Crippen LogP contribution in [0.4, 0.5) is 5.69 Å². The molecular weight excluding hydrogens is 717 g/mol. The van der Waals surface area contributed by atoms with Gasteiger partial charge in [-0.25, -0.2) is 18.0 Å². The second kappa shape index (κ2) is 15.2. The van der Waals surface area contributed by atoms with E-state index in [4.69, 9.17) is 23.2 Å². The molecule has 6 rings (SSSR count). The van der Waals surface area contributed by atoms with Crippen LogP contribution in [0.2, 0.25) is 10.0 Å². The van der Waals surface area contributed by atoms with Crippen LogP contribution in [-0.2, 0) is 30.8 Å². The zero-order valence-corrected chi connectivity index (χ0v) is 30.9. The van der Waals surface area contributed by atoms with Gasteiger partial charge < -0.3 is 25.3 Å². The molecule has 0 aromatic heterocycles. The number of anilines is 1. The number of carboxylic acids is 2. The van der Waals surface area contributed by atoms with Crippen LogP contribution in [0.15, 0.2) is 65.0 Å². The Balaban J connectivity index is 1.29. The predicted octanol–water partition coefficient (Wildman–Crippen LogP) is 4.52. The van der Waals surface area contributed by atoms with Crippen molar-refractivity contribution in [3.63, 3.8) is 0 Å². The second-order valence-corrected chi connectivity index (χ2v) is 16.5. The van der Waals surface area contributed by atoms with E-state index in [1.807, 2.05) is 0 Å². The second-order valence-electron chi connectivity index (χ2n) is 13.9. The number of piperidine rings is 1. The molecule has 1 amide bonds. The van der Waals surface area contributed by atoms with E-state index in [1.165, 1.54) is 25.0 Å². The summed E-state index contributed by atoms with van der Waals surface area (Å²) in [5.41, 5.74) is 0.683. The molecule has 3 fully saturated rings. The number of hydrogen-bond donors (Lipinski definition) is 4. The number of nitrogens with zero attached hydrogens (tertiary/aromatic N) is 3. The molecule has 0 radical (unpaired) electrons. The number of carbonyl (C=O) groups excluding carboxylic acids is 1. The number of hydrogen-bond acceptors (Lipinski definition) is 8. The van der Waals surface area contributed by atoms with Gasteiger partial charge in [0, 0.05) is 71.3 Å². The third-order valence-electron chi connectivity index (χ3n) is 10.8. The van der Waals surface area contributed by atoms with Gasteiger partial charge in [0.25, 0.3) is 0 Å². The lowest BCUT2D eigenvalue weighted by molar-refractivity contribution is -0.133. The fourth-order valence-corrected chi connectivity index (χ4v) is 9.52. The van der Waals surface area contributed by atoms with Crippen LogP contribution in [0.1, 0.15) is 55.6 Å². The smallest absolute Gasteiger partial charge is 0.334 e. The van der Waals surface area contributed by atoms with Crippen molar-refractivity contribution in [3.05, 3.63) is 86.2 Å². The van der Waals surface area contributed by atoms with Crippen LogP contribution in [0, 0.1) is 0 Å². The maximum atomic E-state index is 13.9. The van der Waals surface area contributed by atoms with Gasteiger partial charge in [0.05, 0.1) is 35.4 Å². The molecule has 3 atom stereocenters. The van der Waals surface area contributed by atoms with Crippen molar-refractivity contribution < 1.29 is 33.0 Å². The first-order valence-corrected chi connectivity index (χ1v) is 19.8. The summed E-state index contributed by atoms with van der Waals surface area (Å²) in [5.74, 6) is -4.47. The van der Waals surface area contributed by atoms with Crippen LogP contribution in [0.5, 0.6) is 0 Å². The summed E-state index contributed by atoms with van der Waals surface area (Å²) >= 11 is 13.2. The summed E-state index contributed by atoms with van der Waals surface area (Å²) < 4.78 is 26.6. The number of dihydropyridines is 1. The SMILES string of the molecule is CN1C2CCC1CC(N1CCN(C(=O)CC3=C(C(=O)O)C(c4c(Cl)cccc4Cl)C(C(=O)O)=C(CCc4ccccc4NS(C)(=O)=O)N3)CC1)C2. The molecule has 15 heteroatoms. The fourth-order valence-electron chi connectivity index (χ4n) is 8.30. The van der Waals surface area contributed by atoms with Gasteiger partial charge in [-0.05, 0) is 69.3 Å². The molecule has 4 aliphatic rings. The number of benzene rings is 2. The number of nitrogens with one attached hydrogen (secondary N) is 2. The van der Waals surface area contributed by atoms with E-state index in [-0.39, 0.29) is 63.3 Å². The number of sulfonamides is 1. The van der Waals surface area contributed by atoms with E-state index >= 15 is 0 Å². The Labute approximate surface area is 308 Å². The highest BCUT2D eigenvalue weighted by atomic mass is 35.5. The van der Waals surface area contributed by atoms with Crippen molar-refractivity contribution in [2.45, 2.75) is 69.0 Å². The highest BCUT2D eigenvalue weighted by molar-refractivity contribution is 7.92. The Hall–Kier alpha value is -3.62. The zero-order chi connectivity index (χ0) is 36.6. The van der Waals surface area contributed by atoms with E-state index in [1.54, 1.807) is 35.2 Å². The maximum absolute atomic E-state index is 13.9. The van der Waals surface area contributed by atoms with Gasteiger partial charge in [-0.1, -0.05) is 47.5 Å². The van der Waals surface area contributed by atoms with Crippen LogP contribution >= 0.6 is 23.2 Å². The summed E-state index contributed by atoms with van der Waals surface area (Å²) in [6.45, 7) is 2.46. The van der Waals surface area contributed by atoms with Gasteiger partial charge in [-0.3, -0.25) is 14.4 Å². The first-order valence-electron chi connectivity index (χ1n) is 17.1. The molecule has 2 aromatic carbocycles. The number of carboxylic acid groups (broad SMARTS) is 2. The van der Waals surface area contributed by atoms with E-state index in [0.717, 1.165) is 32.2 Å². The summed E-state index contributed by atoms with van der Waals surface area (Å²) in [5, 5.41) is 24.5. The predicted molar refractivity (Wildman–Crippen MR) is 195 cm³/mol. The molecule has 12 nitrogen and oxygen atoms in total. The van der Waals surface area contributed by atoms with Crippen molar-refractivity contribution in [1.29, 1.82) is 0 Å². The van der Waals surface area contributed by atoms with Gasteiger partial charge >= 0.3 is 11.9 Å². The number of amides is 1. The Kier molecular flexibility index (Phi) is 11.0. The molecule has 4 N–H and O–H groups in total. The molecule has 0 spiro atoms. The largest absolute Gasteiger partial charge is 0.478 e. The average Bonchev–Trinajstić information content (AvgIpc) is 3.25. The first-order chi connectivity index (χ1) is 24.2. The number of aliphatic carboxylic acids is 2. The van der Waals surface area contributed by atoms with Gasteiger partial charge in [-0.2, -0.15) is 0 Å². The normalized spacial score (nSPS) is 24.4. The van der Waals surface area contributed by atoms with E-state index in [0.29, 0.717) is 42.5 Å². The number of para-hydroxylation sites is 1. The monoisotopic (exact) mass is 759 g/mol. The number of carbonyl (C=O) groups is 3. The summed E-state index contributed by atoms with van der Waals surface area (Å²) in [6.07, 6.45) is 5.68. The lowest BCUT2D eigenvalue weighted by Crippen LogP contribution is -2.56. The summed E-state index contributed by atoms with van der Waals surface area (Å²) in [6, 6.07) is 13.0. The summed E-state index contributed by atoms with van der Waals surface area (Å²) in [4.78, 5) is 46.7. The van der Waals surface area contributed by atoms with Gasteiger partial charge in [0.15, 0.2) is 0 Å². The minimum absolute atomic E-state index is 0.0461. The first kappa shape index (κ1) is 37.1. The number of fused-ring (bicyclic) bond motifs is 2. The van der Waals surface area contributed by atoms with Crippen LogP contribution < -0.4 is 10.0 Å². The lowest BCUT2D eigenvalue weighted by Gasteiger charge is -2.45. The Morgan fingerprint density at radius 3 is 2.02 bits per heavy atom. The molecule has 2 bridgehead atoms. The van der Waals surface area contributed by atoms with Crippen LogP contribution in [0.25, 0.3) is 0 Å². The summed E-state index contributed by atoms with van der Waals surface area (Å²) in [7, 11) is -1.39. The molecule has 274 valence electrons. The van der Waals surface area contributed by atoms with E-state index in [2.05, 4.69) is 26.9 Å². The molecule has 2 aromatic rings. The molecule has 0 aliphatic carbocycles. The Morgan fingerprint density at radius 1 is 0.843 bits per heavy atom. The van der Waals surface area contributed by atoms with Crippen molar-refractivity contribution in [2.75, 3.05) is 44.2 Å². The number of halogens is 2. The minimum atomic E-state index is -3.61. The molecule has 0 saturated carbocycles. The molecule has 4 heterocycles. The van der Waals surface area contributed by atoms with Gasteiger partial charge in [0.2, 0.25) is 15.9 Å². The fraction of sp³-hybridized carbons (Fsp3) is 0.472. The number of piperazine rings is 1. The molecule has 51 heavy (non-hydrogen) atoms. The van der Waals surface area contributed by atoms with Crippen molar-refractivity contribution >= 4 is 56.8 Å². The number of allylic oxidation sites excluding steroid dienone is 1. The third kappa shape index (κ3) is 8.07. The average molecular weight is 761 g/mol. The molecule has 3 saturated heterocycles. The number of rotatable bonds is 11. The molecular formula is C36H43Cl2N5O7S. The van der Waals surface area contributed by atoms with Crippen LogP contribution in [-0.4, -0.2) is 109 Å². The van der Waals surface area contributed by atoms with Crippen LogP contribution in [0.3, 0.4) is 0 Å². The van der Waals surface area contributed by atoms with Crippen molar-refractivity contribution in [2.24, 2.45) is 0 Å². The Morgan fingerprint density at radius 2 is 1.43 bits per heavy atom. The van der Waals surface area contributed by atoms with Gasteiger partial charge in [0.1, 0.15) is 0 Å². The van der Waals surface area contributed by atoms with E-state index in [9.17, 15) is 33.0 Å². The topological polar surface area (TPSA) is 160 Å². The number of aryl methyl sites for hydroxylation is 1. The highest BCUT2D eigenvalue weighted by Gasteiger charge is 2.43. The van der Waals surface area contributed by atoms with Gasteiger partial charge in [-0.15, -0.1) is 0 Å². The maximum Gasteiger partial charge on any atom is 0.334 e. The third-order valence-corrected chi connectivity index (χ3v) is 12.1. The quantitative estimate of drug-likeness (QED) is 0.257. The molecule has 4 aliphatic heterocycles. The molecule has 3 unspecified atom stereocenters. The van der Waals surface area contributed by atoms with E-state index < -0.39 is 27.9 Å². The lowest BCUT2D eigenvalue weighted by atomic mass is 9.78. The van der Waals surface area contributed by atoms with Crippen molar-refractivity contribution in [3.8, 4) is 0 Å².